The number of amides is 1. The lowest BCUT2D eigenvalue weighted by Gasteiger charge is -2.20. The minimum absolute atomic E-state index is 0.113. The number of carbonyl (C=O) groups excluding carboxylic acids is 1. The van der Waals surface area contributed by atoms with Crippen LogP contribution in [0.15, 0.2) is 30.6 Å². The minimum atomic E-state index is -0.509. The van der Waals surface area contributed by atoms with Crippen molar-refractivity contribution >= 4 is 11.6 Å². The number of hydrogen-bond donors (Lipinski definition) is 0. The predicted octanol–water partition coefficient (Wildman–Crippen LogP) is 2.72. The van der Waals surface area contributed by atoms with Crippen LogP contribution in [0.1, 0.15) is 25.2 Å². The maximum atomic E-state index is 12.7. The summed E-state index contributed by atoms with van der Waals surface area (Å²) in [5.41, 5.74) is 3.45. The average molecular weight is 311 g/mol. The van der Waals surface area contributed by atoms with Crippen LogP contribution in [0.3, 0.4) is 0 Å². The third-order valence-electron chi connectivity index (χ3n) is 4.37. The molecule has 0 radical (unpaired) electrons. The monoisotopic (exact) mass is 311 g/mol. The molecule has 0 N–H and O–H groups in total. The molecule has 0 spiro atoms. The summed E-state index contributed by atoms with van der Waals surface area (Å²) in [5.74, 6) is 0.856. The third-order valence-corrected chi connectivity index (χ3v) is 4.37. The van der Waals surface area contributed by atoms with Crippen LogP contribution in [0.5, 0.6) is 0 Å². The van der Waals surface area contributed by atoms with E-state index in [9.17, 15) is 4.79 Å². The molecule has 1 aromatic carbocycles. The number of anilines is 1. The average Bonchev–Trinajstić information content (AvgIpc) is 2.73. The molecule has 1 aliphatic rings. The predicted molar refractivity (Wildman–Crippen MR) is 89.5 cm³/mol. The van der Waals surface area contributed by atoms with Crippen LogP contribution in [0.25, 0.3) is 11.1 Å². The number of aryl methyl sites for hydroxylation is 1. The van der Waals surface area contributed by atoms with Gasteiger partial charge in [-0.3, -0.25) is 4.79 Å². The number of benzene rings is 1. The molecule has 1 aromatic heterocycles. The van der Waals surface area contributed by atoms with Gasteiger partial charge in [-0.15, -0.1) is 0 Å². The Balaban J connectivity index is 2.05. The van der Waals surface area contributed by atoms with E-state index in [0.717, 1.165) is 28.2 Å². The summed E-state index contributed by atoms with van der Waals surface area (Å²) >= 11 is 0. The Bertz CT molecular complexity index is 738. The Morgan fingerprint density at radius 3 is 2.52 bits per heavy atom. The molecule has 0 saturated heterocycles. The van der Waals surface area contributed by atoms with E-state index in [0.29, 0.717) is 13.2 Å². The topological polar surface area (TPSA) is 55.3 Å². The molecule has 1 amide bonds. The highest BCUT2D eigenvalue weighted by atomic mass is 16.5. The molecule has 0 saturated carbocycles. The van der Waals surface area contributed by atoms with Gasteiger partial charge in [0.2, 0.25) is 5.91 Å². The zero-order valence-electron chi connectivity index (χ0n) is 14.0. The molecule has 2 heterocycles. The van der Waals surface area contributed by atoms with Crippen LogP contribution in [0.4, 0.5) is 5.69 Å². The highest BCUT2D eigenvalue weighted by Gasteiger charge is 2.43. The number of rotatable bonds is 4. The quantitative estimate of drug-likeness (QED) is 0.871. The first-order valence-corrected chi connectivity index (χ1v) is 7.69. The number of fused-ring (bicyclic) bond motifs is 1. The second-order valence-corrected chi connectivity index (χ2v) is 6.33. The number of hydrogen-bond acceptors (Lipinski definition) is 4. The summed E-state index contributed by atoms with van der Waals surface area (Å²) in [6, 6.07) is 6.11. The largest absolute Gasteiger partial charge is 0.383 e. The number of ether oxygens (including phenoxy) is 1. The van der Waals surface area contributed by atoms with Gasteiger partial charge in [-0.25, -0.2) is 9.97 Å². The van der Waals surface area contributed by atoms with Crippen LogP contribution in [-0.2, 0) is 14.9 Å². The van der Waals surface area contributed by atoms with E-state index >= 15 is 0 Å². The van der Waals surface area contributed by atoms with Crippen LogP contribution < -0.4 is 4.90 Å². The molecule has 5 heteroatoms. The van der Waals surface area contributed by atoms with Crippen molar-refractivity contribution in [2.45, 2.75) is 26.2 Å². The van der Waals surface area contributed by atoms with Gasteiger partial charge in [-0.2, -0.15) is 0 Å². The summed E-state index contributed by atoms with van der Waals surface area (Å²) < 4.78 is 5.15. The van der Waals surface area contributed by atoms with Crippen LogP contribution in [0, 0.1) is 6.92 Å². The fourth-order valence-electron chi connectivity index (χ4n) is 2.97. The maximum Gasteiger partial charge on any atom is 0.237 e. The van der Waals surface area contributed by atoms with Crippen molar-refractivity contribution in [2.24, 2.45) is 0 Å². The van der Waals surface area contributed by atoms with Crippen LogP contribution in [-0.4, -0.2) is 36.1 Å². The van der Waals surface area contributed by atoms with Gasteiger partial charge >= 0.3 is 0 Å². The van der Waals surface area contributed by atoms with E-state index in [-0.39, 0.29) is 5.91 Å². The molecule has 0 bridgehead atoms. The Morgan fingerprint density at radius 1 is 1.17 bits per heavy atom. The normalized spacial score (nSPS) is 15.8. The summed E-state index contributed by atoms with van der Waals surface area (Å²) in [5, 5.41) is 0. The molecular weight excluding hydrogens is 290 g/mol. The van der Waals surface area contributed by atoms with E-state index < -0.39 is 5.41 Å². The van der Waals surface area contributed by atoms with Crippen molar-refractivity contribution in [1.82, 2.24) is 9.97 Å². The van der Waals surface area contributed by atoms with E-state index in [2.05, 4.69) is 9.97 Å². The number of methoxy groups -OCH3 is 1. The lowest BCUT2D eigenvalue weighted by molar-refractivity contribution is -0.122. The van der Waals surface area contributed by atoms with E-state index in [1.54, 1.807) is 7.11 Å². The molecule has 1 aliphatic heterocycles. The zero-order chi connectivity index (χ0) is 16.6. The van der Waals surface area contributed by atoms with E-state index in [1.165, 1.54) is 0 Å². The Labute approximate surface area is 136 Å². The van der Waals surface area contributed by atoms with E-state index in [4.69, 9.17) is 4.74 Å². The third kappa shape index (κ3) is 2.61. The highest BCUT2D eigenvalue weighted by molar-refractivity contribution is 6.08. The van der Waals surface area contributed by atoms with Crippen LogP contribution >= 0.6 is 0 Å². The van der Waals surface area contributed by atoms with Crippen LogP contribution in [0.2, 0.25) is 0 Å². The molecule has 0 aliphatic carbocycles. The molecule has 120 valence electrons. The molecule has 0 atom stereocenters. The van der Waals surface area contributed by atoms with E-state index in [1.807, 2.05) is 56.3 Å². The van der Waals surface area contributed by atoms with Gasteiger partial charge in [0.15, 0.2) is 0 Å². The summed E-state index contributed by atoms with van der Waals surface area (Å²) in [6.07, 6.45) is 3.62. The lowest BCUT2D eigenvalue weighted by atomic mass is 9.85. The molecule has 23 heavy (non-hydrogen) atoms. The molecule has 2 aromatic rings. The first kappa shape index (κ1) is 15.6. The van der Waals surface area contributed by atoms with Crippen molar-refractivity contribution < 1.29 is 9.53 Å². The van der Waals surface area contributed by atoms with Gasteiger partial charge in [0.25, 0.3) is 0 Å². The second-order valence-electron chi connectivity index (χ2n) is 6.33. The first-order valence-electron chi connectivity index (χ1n) is 7.69. The summed E-state index contributed by atoms with van der Waals surface area (Å²) in [4.78, 5) is 23.0. The number of carbonyl (C=O) groups is 1. The Morgan fingerprint density at radius 2 is 1.87 bits per heavy atom. The fourth-order valence-corrected chi connectivity index (χ4v) is 2.97. The zero-order valence-corrected chi connectivity index (χ0v) is 14.0. The molecule has 0 fully saturated rings. The van der Waals surface area contributed by atoms with Gasteiger partial charge in [0, 0.05) is 37.3 Å². The minimum Gasteiger partial charge on any atom is -0.383 e. The molecule has 5 nitrogen and oxygen atoms in total. The van der Waals surface area contributed by atoms with Crippen molar-refractivity contribution in [3.63, 3.8) is 0 Å². The van der Waals surface area contributed by atoms with Gasteiger partial charge in [-0.05, 0) is 38.0 Å². The standard InChI is InChI=1S/C18H21N3O2/c1-12-19-10-14(11-20-12)13-5-6-15-16(9-13)21(7-8-23-4)17(22)18(15,2)3/h5-6,9-11H,7-8H2,1-4H3. The first-order chi connectivity index (χ1) is 10.9. The summed E-state index contributed by atoms with van der Waals surface area (Å²) in [7, 11) is 1.65. The number of aromatic nitrogens is 2. The Kier molecular flexibility index (Phi) is 3.90. The lowest BCUT2D eigenvalue weighted by Crippen LogP contribution is -2.37. The second kappa shape index (κ2) is 5.74. The van der Waals surface area contributed by atoms with Crippen molar-refractivity contribution in [2.75, 3.05) is 25.2 Å². The molecule has 0 unspecified atom stereocenters. The smallest absolute Gasteiger partial charge is 0.237 e. The van der Waals surface area contributed by atoms with Crippen molar-refractivity contribution in [3.05, 3.63) is 42.0 Å². The molecule has 3 rings (SSSR count). The molecular formula is C18H21N3O2. The van der Waals surface area contributed by atoms with Crippen molar-refractivity contribution in [3.8, 4) is 11.1 Å². The SMILES string of the molecule is COCCN1C(=O)C(C)(C)c2ccc(-c3cnc(C)nc3)cc21. The van der Waals surface area contributed by atoms with Gasteiger partial charge < -0.3 is 9.64 Å². The highest BCUT2D eigenvalue weighted by Crippen LogP contribution is 2.43. The van der Waals surface area contributed by atoms with Gasteiger partial charge in [0.1, 0.15) is 5.82 Å². The van der Waals surface area contributed by atoms with Crippen molar-refractivity contribution in [1.29, 1.82) is 0 Å². The maximum absolute atomic E-state index is 12.7. The fraction of sp³-hybridized carbons (Fsp3) is 0.389. The number of nitrogens with zero attached hydrogens (tertiary/aromatic N) is 3. The van der Waals surface area contributed by atoms with Gasteiger partial charge in [-0.1, -0.05) is 12.1 Å². The summed E-state index contributed by atoms with van der Waals surface area (Å²) in [6.45, 7) is 6.87. The van der Waals surface area contributed by atoms with Gasteiger partial charge in [0.05, 0.1) is 12.0 Å². The Hall–Kier alpha value is -2.27.